The first-order chi connectivity index (χ1) is 7.47. The van der Waals surface area contributed by atoms with Gasteiger partial charge in [0.2, 0.25) is 0 Å². The minimum absolute atomic E-state index is 0.0224. The van der Waals surface area contributed by atoms with Crippen molar-refractivity contribution in [1.82, 2.24) is 0 Å². The molecular formula is C9H11ClN2O4. The quantitative estimate of drug-likeness (QED) is 0.532. The van der Waals surface area contributed by atoms with Gasteiger partial charge in [0, 0.05) is 24.2 Å². The Morgan fingerprint density at radius 2 is 2.12 bits per heavy atom. The molecule has 1 rings (SSSR count). The molecule has 0 fully saturated rings. The van der Waals surface area contributed by atoms with Crippen molar-refractivity contribution in [2.24, 2.45) is 5.73 Å². The zero-order chi connectivity index (χ0) is 12.3. The van der Waals surface area contributed by atoms with Crippen molar-refractivity contribution in [3.63, 3.8) is 0 Å². The maximum absolute atomic E-state index is 10.4. The Hall–Kier alpha value is -1.21. The highest BCUT2D eigenvalue weighted by Gasteiger charge is 2.21. The van der Waals surface area contributed by atoms with E-state index in [4.69, 9.17) is 17.3 Å². The molecule has 0 radical (unpaired) electrons. The molecule has 1 aromatic carbocycles. The van der Waals surface area contributed by atoms with E-state index in [0.717, 1.165) is 6.07 Å². The van der Waals surface area contributed by atoms with Crippen molar-refractivity contribution in [3.05, 3.63) is 38.9 Å². The van der Waals surface area contributed by atoms with Crippen LogP contribution in [0.3, 0.4) is 0 Å². The summed E-state index contributed by atoms with van der Waals surface area (Å²) >= 11 is 5.75. The van der Waals surface area contributed by atoms with Gasteiger partial charge in [-0.3, -0.25) is 10.1 Å². The number of nitro groups is 1. The predicted molar refractivity (Wildman–Crippen MR) is 58.1 cm³/mol. The van der Waals surface area contributed by atoms with E-state index < -0.39 is 17.1 Å². The van der Waals surface area contributed by atoms with Crippen LogP contribution in [0, 0.1) is 10.1 Å². The van der Waals surface area contributed by atoms with Gasteiger partial charge in [-0.25, -0.2) is 0 Å². The van der Waals surface area contributed by atoms with Gasteiger partial charge in [0.05, 0.1) is 16.0 Å². The lowest BCUT2D eigenvalue weighted by Crippen LogP contribution is -2.27. The maximum Gasteiger partial charge on any atom is 0.270 e. The van der Waals surface area contributed by atoms with E-state index in [-0.39, 0.29) is 22.8 Å². The molecule has 0 aliphatic rings. The van der Waals surface area contributed by atoms with Crippen molar-refractivity contribution in [2.45, 2.75) is 12.2 Å². The fraction of sp³-hybridized carbons (Fsp3) is 0.333. The molecule has 0 heterocycles. The van der Waals surface area contributed by atoms with Gasteiger partial charge in [0.25, 0.3) is 5.69 Å². The monoisotopic (exact) mass is 246 g/mol. The maximum atomic E-state index is 10.4. The Balaban J connectivity index is 3.03. The van der Waals surface area contributed by atoms with Crippen LogP contribution in [0.4, 0.5) is 5.69 Å². The zero-order valence-corrected chi connectivity index (χ0v) is 8.96. The number of nitrogens with two attached hydrogens (primary N) is 1. The van der Waals surface area contributed by atoms with Crippen molar-refractivity contribution in [2.75, 3.05) is 6.54 Å². The topological polar surface area (TPSA) is 110 Å². The van der Waals surface area contributed by atoms with Crippen LogP contribution in [0.1, 0.15) is 11.7 Å². The SMILES string of the molecule is NCC(O)C(O)c1ccc([N+](=O)[O-])cc1Cl. The summed E-state index contributed by atoms with van der Waals surface area (Å²) in [4.78, 5) is 9.84. The normalized spacial score (nSPS) is 14.5. The van der Waals surface area contributed by atoms with Crippen molar-refractivity contribution in [1.29, 1.82) is 0 Å². The number of hydrogen-bond donors (Lipinski definition) is 3. The highest BCUT2D eigenvalue weighted by atomic mass is 35.5. The number of aliphatic hydroxyl groups is 2. The number of nitrogens with zero attached hydrogens (tertiary/aromatic N) is 1. The van der Waals surface area contributed by atoms with Crippen LogP contribution in [0.5, 0.6) is 0 Å². The van der Waals surface area contributed by atoms with Gasteiger partial charge in [-0.05, 0) is 6.07 Å². The number of halogens is 1. The lowest BCUT2D eigenvalue weighted by atomic mass is 10.0. The molecule has 0 aromatic heterocycles. The van der Waals surface area contributed by atoms with E-state index in [2.05, 4.69) is 0 Å². The molecule has 16 heavy (non-hydrogen) atoms. The molecule has 2 unspecified atom stereocenters. The standard InChI is InChI=1S/C9H11ClN2O4/c10-7-3-5(12(15)16)1-2-6(7)9(14)8(13)4-11/h1-3,8-9,13-14H,4,11H2. The lowest BCUT2D eigenvalue weighted by molar-refractivity contribution is -0.384. The van der Waals surface area contributed by atoms with Gasteiger partial charge in [0.1, 0.15) is 6.10 Å². The third kappa shape index (κ3) is 2.67. The molecule has 0 saturated carbocycles. The smallest absolute Gasteiger partial charge is 0.270 e. The summed E-state index contributed by atoms with van der Waals surface area (Å²) in [6.45, 7) is -0.130. The Kier molecular flexibility index (Phi) is 4.19. The molecule has 2 atom stereocenters. The predicted octanol–water partition coefficient (Wildman–Crippen LogP) is 0.601. The molecule has 1 aromatic rings. The summed E-state index contributed by atoms with van der Waals surface area (Å²) in [5.74, 6) is 0. The van der Waals surface area contributed by atoms with E-state index in [1.165, 1.54) is 12.1 Å². The van der Waals surface area contributed by atoms with Gasteiger partial charge < -0.3 is 15.9 Å². The van der Waals surface area contributed by atoms with E-state index in [0.29, 0.717) is 0 Å². The van der Waals surface area contributed by atoms with Crippen LogP contribution in [-0.2, 0) is 0 Å². The number of rotatable bonds is 4. The molecule has 6 nitrogen and oxygen atoms in total. The first-order valence-electron chi connectivity index (χ1n) is 4.47. The molecule has 0 spiro atoms. The Bertz CT molecular complexity index is 399. The van der Waals surface area contributed by atoms with Crippen molar-refractivity contribution >= 4 is 17.3 Å². The van der Waals surface area contributed by atoms with Crippen LogP contribution in [-0.4, -0.2) is 27.8 Å². The zero-order valence-electron chi connectivity index (χ0n) is 8.21. The van der Waals surface area contributed by atoms with E-state index in [1.54, 1.807) is 0 Å². The van der Waals surface area contributed by atoms with Crippen LogP contribution >= 0.6 is 11.6 Å². The van der Waals surface area contributed by atoms with Gasteiger partial charge in [0.15, 0.2) is 0 Å². The third-order valence-electron chi connectivity index (χ3n) is 2.12. The highest BCUT2D eigenvalue weighted by Crippen LogP contribution is 2.28. The van der Waals surface area contributed by atoms with Crippen molar-refractivity contribution in [3.8, 4) is 0 Å². The van der Waals surface area contributed by atoms with Gasteiger partial charge in [-0.2, -0.15) is 0 Å². The number of hydrogen-bond acceptors (Lipinski definition) is 5. The minimum Gasteiger partial charge on any atom is -0.389 e. The second-order valence-corrected chi connectivity index (χ2v) is 3.62. The lowest BCUT2D eigenvalue weighted by Gasteiger charge is -2.17. The number of nitro benzene ring substituents is 1. The first kappa shape index (κ1) is 12.9. The molecule has 0 aliphatic heterocycles. The number of benzene rings is 1. The molecule has 0 bridgehead atoms. The second kappa shape index (κ2) is 5.22. The fourth-order valence-corrected chi connectivity index (χ4v) is 1.49. The highest BCUT2D eigenvalue weighted by molar-refractivity contribution is 6.31. The van der Waals surface area contributed by atoms with Gasteiger partial charge in [-0.15, -0.1) is 0 Å². The largest absolute Gasteiger partial charge is 0.389 e. The molecular weight excluding hydrogens is 236 g/mol. The van der Waals surface area contributed by atoms with Crippen molar-refractivity contribution < 1.29 is 15.1 Å². The third-order valence-corrected chi connectivity index (χ3v) is 2.45. The second-order valence-electron chi connectivity index (χ2n) is 3.21. The molecule has 7 heteroatoms. The number of aliphatic hydroxyl groups excluding tert-OH is 2. The van der Waals surface area contributed by atoms with Crippen LogP contribution in [0.15, 0.2) is 18.2 Å². The fourth-order valence-electron chi connectivity index (χ4n) is 1.21. The average molecular weight is 247 g/mol. The van der Waals surface area contributed by atoms with Gasteiger partial charge >= 0.3 is 0 Å². The molecule has 0 saturated heterocycles. The van der Waals surface area contributed by atoms with E-state index >= 15 is 0 Å². The summed E-state index contributed by atoms with van der Waals surface area (Å²) in [7, 11) is 0. The summed E-state index contributed by atoms with van der Waals surface area (Å²) in [6, 6.07) is 3.61. The minimum atomic E-state index is -1.25. The van der Waals surface area contributed by atoms with Crippen LogP contribution in [0.2, 0.25) is 5.02 Å². The summed E-state index contributed by atoms with van der Waals surface area (Å²) in [5, 5.41) is 29.4. The van der Waals surface area contributed by atoms with E-state index in [9.17, 15) is 20.3 Å². The molecule has 0 aliphatic carbocycles. The summed E-state index contributed by atoms with van der Waals surface area (Å²) < 4.78 is 0. The average Bonchev–Trinajstić information content (AvgIpc) is 2.26. The molecule has 4 N–H and O–H groups in total. The summed E-state index contributed by atoms with van der Waals surface area (Å²) in [6.07, 6.45) is -2.41. The molecule has 88 valence electrons. The van der Waals surface area contributed by atoms with E-state index in [1.807, 2.05) is 0 Å². The first-order valence-corrected chi connectivity index (χ1v) is 4.85. The van der Waals surface area contributed by atoms with Crippen LogP contribution in [0.25, 0.3) is 0 Å². The summed E-state index contributed by atoms with van der Waals surface area (Å²) in [5.41, 5.74) is 5.21. The molecule has 0 amide bonds. The number of non-ortho nitro benzene ring substituents is 1. The Morgan fingerprint density at radius 3 is 2.56 bits per heavy atom. The Morgan fingerprint density at radius 1 is 1.50 bits per heavy atom. The van der Waals surface area contributed by atoms with Gasteiger partial charge in [-0.1, -0.05) is 11.6 Å². The van der Waals surface area contributed by atoms with Crippen LogP contribution < -0.4 is 5.73 Å². The Labute approximate surface area is 96.4 Å².